The Labute approximate surface area is 175 Å². The SMILES string of the molecule is CCOc1ccc(C(=O)Nc2cccc(Cl)c2C)cc1CSc1ccccc1. The van der Waals surface area contributed by atoms with Gasteiger partial charge < -0.3 is 10.1 Å². The third-order valence-corrected chi connectivity index (χ3v) is 5.75. The Hall–Kier alpha value is -2.43. The van der Waals surface area contributed by atoms with Crippen molar-refractivity contribution in [2.45, 2.75) is 24.5 Å². The van der Waals surface area contributed by atoms with Crippen molar-refractivity contribution in [3.05, 3.63) is 88.4 Å². The van der Waals surface area contributed by atoms with Crippen LogP contribution in [0.15, 0.2) is 71.6 Å². The molecule has 0 aromatic heterocycles. The molecule has 0 heterocycles. The zero-order chi connectivity index (χ0) is 19.9. The highest BCUT2D eigenvalue weighted by Crippen LogP contribution is 2.30. The monoisotopic (exact) mass is 411 g/mol. The summed E-state index contributed by atoms with van der Waals surface area (Å²) >= 11 is 7.87. The largest absolute Gasteiger partial charge is 0.494 e. The van der Waals surface area contributed by atoms with Crippen molar-refractivity contribution in [2.24, 2.45) is 0 Å². The average Bonchev–Trinajstić information content (AvgIpc) is 2.71. The Morgan fingerprint density at radius 2 is 1.86 bits per heavy atom. The maximum atomic E-state index is 12.8. The molecule has 3 aromatic rings. The molecular formula is C23H22ClNO2S. The number of rotatable bonds is 7. The maximum absolute atomic E-state index is 12.8. The second kappa shape index (κ2) is 9.67. The van der Waals surface area contributed by atoms with Gasteiger partial charge in [0.05, 0.1) is 6.61 Å². The van der Waals surface area contributed by atoms with Crippen molar-refractivity contribution in [1.29, 1.82) is 0 Å². The number of carbonyl (C=O) groups is 1. The van der Waals surface area contributed by atoms with E-state index in [1.807, 2.05) is 62.4 Å². The van der Waals surface area contributed by atoms with Gasteiger partial charge in [0.2, 0.25) is 0 Å². The first-order valence-electron chi connectivity index (χ1n) is 9.08. The van der Waals surface area contributed by atoms with E-state index >= 15 is 0 Å². The molecule has 0 atom stereocenters. The zero-order valence-corrected chi connectivity index (χ0v) is 17.4. The summed E-state index contributed by atoms with van der Waals surface area (Å²) in [6, 6.07) is 21.2. The number of anilines is 1. The van der Waals surface area contributed by atoms with Gasteiger partial charge in [0.25, 0.3) is 5.91 Å². The van der Waals surface area contributed by atoms with Crippen molar-refractivity contribution in [2.75, 3.05) is 11.9 Å². The lowest BCUT2D eigenvalue weighted by Gasteiger charge is -2.13. The Balaban J connectivity index is 1.81. The molecule has 0 aliphatic rings. The van der Waals surface area contributed by atoms with E-state index in [0.29, 0.717) is 22.9 Å². The number of hydrogen-bond acceptors (Lipinski definition) is 3. The van der Waals surface area contributed by atoms with Crippen LogP contribution in [0.5, 0.6) is 5.75 Å². The molecule has 0 unspecified atom stereocenters. The van der Waals surface area contributed by atoms with Crippen LogP contribution >= 0.6 is 23.4 Å². The van der Waals surface area contributed by atoms with E-state index in [4.69, 9.17) is 16.3 Å². The molecule has 0 spiro atoms. The molecular weight excluding hydrogens is 390 g/mol. The van der Waals surface area contributed by atoms with Gasteiger partial charge in [-0.3, -0.25) is 4.79 Å². The molecule has 0 aliphatic carbocycles. The van der Waals surface area contributed by atoms with E-state index in [-0.39, 0.29) is 5.91 Å². The molecule has 3 rings (SSSR count). The number of hydrogen-bond donors (Lipinski definition) is 1. The molecule has 0 saturated heterocycles. The van der Waals surface area contributed by atoms with Crippen LogP contribution in [0.4, 0.5) is 5.69 Å². The van der Waals surface area contributed by atoms with Gasteiger partial charge in [0.15, 0.2) is 0 Å². The van der Waals surface area contributed by atoms with Gasteiger partial charge >= 0.3 is 0 Å². The summed E-state index contributed by atoms with van der Waals surface area (Å²) in [5, 5.41) is 3.58. The van der Waals surface area contributed by atoms with Crippen LogP contribution < -0.4 is 10.1 Å². The Bertz CT molecular complexity index is 960. The topological polar surface area (TPSA) is 38.3 Å². The van der Waals surface area contributed by atoms with Gasteiger partial charge in [-0.1, -0.05) is 35.9 Å². The second-order valence-electron chi connectivity index (χ2n) is 6.22. The maximum Gasteiger partial charge on any atom is 0.255 e. The van der Waals surface area contributed by atoms with Crippen molar-refractivity contribution in [3.63, 3.8) is 0 Å². The summed E-state index contributed by atoms with van der Waals surface area (Å²) in [6.45, 7) is 4.42. The molecule has 0 aliphatic heterocycles. The van der Waals surface area contributed by atoms with Crippen molar-refractivity contribution < 1.29 is 9.53 Å². The van der Waals surface area contributed by atoms with E-state index in [1.165, 1.54) is 4.90 Å². The van der Waals surface area contributed by atoms with Crippen molar-refractivity contribution >= 4 is 35.0 Å². The van der Waals surface area contributed by atoms with E-state index < -0.39 is 0 Å². The predicted molar refractivity (Wildman–Crippen MR) is 118 cm³/mol. The molecule has 5 heteroatoms. The minimum Gasteiger partial charge on any atom is -0.494 e. The van der Waals surface area contributed by atoms with Gasteiger partial charge in [-0.15, -0.1) is 11.8 Å². The average molecular weight is 412 g/mol. The van der Waals surface area contributed by atoms with Crippen LogP contribution in [-0.4, -0.2) is 12.5 Å². The molecule has 3 nitrogen and oxygen atoms in total. The number of thioether (sulfide) groups is 1. The van der Waals surface area contributed by atoms with Crippen LogP contribution in [-0.2, 0) is 5.75 Å². The molecule has 0 saturated carbocycles. The van der Waals surface area contributed by atoms with Gasteiger partial charge in [0.1, 0.15) is 5.75 Å². The van der Waals surface area contributed by atoms with Crippen molar-refractivity contribution in [1.82, 2.24) is 0 Å². The Kier molecular flexibility index (Phi) is 7.01. The number of amides is 1. The lowest BCUT2D eigenvalue weighted by Crippen LogP contribution is -2.13. The fourth-order valence-corrected chi connectivity index (χ4v) is 3.82. The molecule has 144 valence electrons. The highest BCUT2D eigenvalue weighted by Gasteiger charge is 2.13. The number of ether oxygens (including phenoxy) is 1. The summed E-state index contributed by atoms with van der Waals surface area (Å²) in [6.07, 6.45) is 0. The van der Waals surface area contributed by atoms with Crippen LogP contribution in [0.1, 0.15) is 28.4 Å². The van der Waals surface area contributed by atoms with E-state index in [0.717, 1.165) is 22.6 Å². The normalized spacial score (nSPS) is 10.5. The fourth-order valence-electron chi connectivity index (χ4n) is 2.74. The summed E-state index contributed by atoms with van der Waals surface area (Å²) < 4.78 is 5.75. The highest BCUT2D eigenvalue weighted by molar-refractivity contribution is 7.98. The third-order valence-electron chi connectivity index (χ3n) is 4.28. The Morgan fingerprint density at radius 3 is 2.61 bits per heavy atom. The summed E-state index contributed by atoms with van der Waals surface area (Å²) in [4.78, 5) is 13.9. The lowest BCUT2D eigenvalue weighted by atomic mass is 10.1. The van der Waals surface area contributed by atoms with Crippen LogP contribution in [0, 0.1) is 6.92 Å². The molecule has 0 fully saturated rings. The van der Waals surface area contributed by atoms with Crippen LogP contribution in [0.25, 0.3) is 0 Å². The smallest absolute Gasteiger partial charge is 0.255 e. The number of carbonyl (C=O) groups excluding carboxylic acids is 1. The first-order valence-corrected chi connectivity index (χ1v) is 10.4. The van der Waals surface area contributed by atoms with Gasteiger partial charge in [-0.05, 0) is 61.9 Å². The van der Waals surface area contributed by atoms with E-state index in [9.17, 15) is 4.79 Å². The minimum absolute atomic E-state index is 0.167. The summed E-state index contributed by atoms with van der Waals surface area (Å²) in [7, 11) is 0. The summed E-state index contributed by atoms with van der Waals surface area (Å²) in [5.74, 6) is 1.36. The van der Waals surface area contributed by atoms with Gasteiger partial charge in [-0.25, -0.2) is 0 Å². The first kappa shape index (κ1) is 20.3. The first-order chi connectivity index (χ1) is 13.6. The second-order valence-corrected chi connectivity index (χ2v) is 7.68. The van der Waals surface area contributed by atoms with Crippen molar-refractivity contribution in [3.8, 4) is 5.75 Å². The standard InChI is InChI=1S/C23H22ClNO2S/c1-3-27-22-13-12-17(14-18(22)15-28-19-8-5-4-6-9-19)23(26)25-21-11-7-10-20(24)16(21)2/h4-14H,3,15H2,1-2H3,(H,25,26). The van der Waals surface area contributed by atoms with Crippen LogP contribution in [0.2, 0.25) is 5.02 Å². The quantitative estimate of drug-likeness (QED) is 0.445. The Morgan fingerprint density at radius 1 is 1.07 bits per heavy atom. The van der Waals surface area contributed by atoms with Gasteiger partial charge in [0, 0.05) is 32.5 Å². The van der Waals surface area contributed by atoms with Gasteiger partial charge in [-0.2, -0.15) is 0 Å². The number of nitrogens with one attached hydrogen (secondary N) is 1. The molecule has 3 aromatic carbocycles. The highest BCUT2D eigenvalue weighted by atomic mass is 35.5. The number of halogens is 1. The zero-order valence-electron chi connectivity index (χ0n) is 15.9. The lowest BCUT2D eigenvalue weighted by molar-refractivity contribution is 0.102. The predicted octanol–water partition coefficient (Wildman–Crippen LogP) is 6.59. The minimum atomic E-state index is -0.167. The van der Waals surface area contributed by atoms with E-state index in [2.05, 4.69) is 17.4 Å². The molecule has 0 radical (unpaired) electrons. The summed E-state index contributed by atoms with van der Waals surface area (Å²) in [5.41, 5.74) is 3.15. The fraction of sp³-hybridized carbons (Fsp3) is 0.174. The van der Waals surface area contributed by atoms with E-state index in [1.54, 1.807) is 17.8 Å². The van der Waals surface area contributed by atoms with Crippen LogP contribution in [0.3, 0.4) is 0 Å². The number of benzene rings is 3. The third kappa shape index (κ3) is 5.09. The molecule has 1 N–H and O–H groups in total. The molecule has 1 amide bonds. The molecule has 28 heavy (non-hydrogen) atoms. The molecule has 0 bridgehead atoms.